The second-order valence-electron chi connectivity index (χ2n) is 5.32. The number of alkyl halides is 3. The summed E-state index contributed by atoms with van der Waals surface area (Å²) in [5.41, 5.74) is -0.870. The molecule has 126 valence electrons. The molecule has 2 rings (SSSR count). The number of amides is 1. The van der Waals surface area contributed by atoms with Crippen LogP contribution < -0.4 is 10.2 Å². The van der Waals surface area contributed by atoms with Crippen LogP contribution in [0.3, 0.4) is 0 Å². The highest BCUT2D eigenvalue weighted by atomic mass is 35.5. The molecule has 2 heterocycles. The van der Waals surface area contributed by atoms with Crippen molar-refractivity contribution in [2.24, 2.45) is 5.92 Å². The maximum atomic E-state index is 12.6. The van der Waals surface area contributed by atoms with E-state index in [0.717, 1.165) is 12.3 Å². The van der Waals surface area contributed by atoms with Crippen LogP contribution in [0.1, 0.15) is 18.4 Å². The lowest BCUT2D eigenvalue weighted by Gasteiger charge is -2.32. The zero-order chi connectivity index (χ0) is 17.0. The molecule has 1 N–H and O–H groups in total. The van der Waals surface area contributed by atoms with Gasteiger partial charge >= 0.3 is 6.18 Å². The second kappa shape index (κ2) is 7.21. The Morgan fingerprint density at radius 2 is 2.13 bits per heavy atom. The average Bonchev–Trinajstić information content (AvgIpc) is 2.52. The number of anilines is 1. The first-order valence-electron chi connectivity index (χ1n) is 7.19. The van der Waals surface area contributed by atoms with E-state index in [1.54, 1.807) is 11.0 Å². The van der Waals surface area contributed by atoms with Crippen LogP contribution >= 0.6 is 11.6 Å². The van der Waals surface area contributed by atoms with Crippen molar-refractivity contribution in [3.05, 3.63) is 35.5 Å². The van der Waals surface area contributed by atoms with Crippen LogP contribution in [0.2, 0.25) is 5.02 Å². The van der Waals surface area contributed by atoms with Gasteiger partial charge in [0, 0.05) is 31.7 Å². The number of hydrogen-bond acceptors (Lipinski definition) is 3. The van der Waals surface area contributed by atoms with E-state index in [0.29, 0.717) is 38.3 Å². The van der Waals surface area contributed by atoms with E-state index in [9.17, 15) is 18.0 Å². The summed E-state index contributed by atoms with van der Waals surface area (Å²) in [5.74, 6) is 0.181. The summed E-state index contributed by atoms with van der Waals surface area (Å²) in [6.45, 7) is 5.00. The fraction of sp³-hybridized carbons (Fsp3) is 0.467. The maximum Gasteiger partial charge on any atom is 0.417 e. The maximum absolute atomic E-state index is 12.6. The van der Waals surface area contributed by atoms with Gasteiger partial charge in [-0.1, -0.05) is 17.7 Å². The highest BCUT2D eigenvalue weighted by Crippen LogP contribution is 2.34. The van der Waals surface area contributed by atoms with E-state index in [-0.39, 0.29) is 16.8 Å². The molecular formula is C15H17ClF3N3O. The lowest BCUT2D eigenvalue weighted by atomic mass is 9.96. The highest BCUT2D eigenvalue weighted by molar-refractivity contribution is 6.33. The smallest absolute Gasteiger partial charge is 0.355 e. The van der Waals surface area contributed by atoms with Crippen LogP contribution in [-0.4, -0.2) is 30.5 Å². The van der Waals surface area contributed by atoms with Crippen molar-refractivity contribution in [3.63, 3.8) is 0 Å². The average molecular weight is 348 g/mol. The van der Waals surface area contributed by atoms with Gasteiger partial charge in [-0.15, -0.1) is 6.58 Å². The minimum Gasteiger partial charge on any atom is -0.355 e. The van der Waals surface area contributed by atoms with Crippen molar-refractivity contribution >= 4 is 23.3 Å². The van der Waals surface area contributed by atoms with Crippen LogP contribution in [0.5, 0.6) is 0 Å². The lowest BCUT2D eigenvalue weighted by molar-refractivity contribution is -0.137. The summed E-state index contributed by atoms with van der Waals surface area (Å²) in [6, 6.07) is 0.882. The highest BCUT2D eigenvalue weighted by Gasteiger charge is 2.32. The Balaban J connectivity index is 2.00. The number of aromatic nitrogens is 1. The standard InChI is InChI=1S/C15H17ClF3N3O/c1-2-5-20-14(23)10-3-6-22(7-4-10)13-12(16)8-11(9-21-13)15(17,18)19/h2,8-10H,1,3-7H2,(H,20,23). The van der Waals surface area contributed by atoms with Gasteiger partial charge in [0.25, 0.3) is 0 Å². The van der Waals surface area contributed by atoms with Crippen molar-refractivity contribution in [2.75, 3.05) is 24.5 Å². The van der Waals surface area contributed by atoms with E-state index >= 15 is 0 Å². The minimum atomic E-state index is -4.47. The SMILES string of the molecule is C=CCNC(=O)C1CCN(c2ncc(C(F)(F)F)cc2Cl)CC1. The molecule has 23 heavy (non-hydrogen) atoms. The topological polar surface area (TPSA) is 45.2 Å². The first kappa shape index (κ1) is 17.6. The zero-order valence-corrected chi connectivity index (χ0v) is 13.1. The van der Waals surface area contributed by atoms with Crippen molar-refractivity contribution in [3.8, 4) is 0 Å². The van der Waals surface area contributed by atoms with Gasteiger partial charge in [-0.05, 0) is 18.9 Å². The molecule has 8 heteroatoms. The monoisotopic (exact) mass is 347 g/mol. The normalized spacial score (nSPS) is 16.3. The van der Waals surface area contributed by atoms with Crippen LogP contribution in [0.25, 0.3) is 0 Å². The van der Waals surface area contributed by atoms with Gasteiger partial charge in [-0.2, -0.15) is 13.2 Å². The number of nitrogens with zero attached hydrogens (tertiary/aromatic N) is 2. The number of carbonyl (C=O) groups is 1. The summed E-state index contributed by atoms with van der Waals surface area (Å²) in [7, 11) is 0. The molecule has 0 atom stereocenters. The molecule has 1 amide bonds. The molecule has 0 radical (unpaired) electrons. The van der Waals surface area contributed by atoms with Gasteiger partial charge in [0.15, 0.2) is 0 Å². The fourth-order valence-electron chi connectivity index (χ4n) is 2.49. The first-order valence-corrected chi connectivity index (χ1v) is 7.57. The molecule has 0 aliphatic carbocycles. The fourth-order valence-corrected chi connectivity index (χ4v) is 2.77. The van der Waals surface area contributed by atoms with Crippen LogP contribution in [0.15, 0.2) is 24.9 Å². The van der Waals surface area contributed by atoms with Gasteiger partial charge in [0.05, 0.1) is 10.6 Å². The molecule has 0 saturated carbocycles. The Morgan fingerprint density at radius 1 is 1.48 bits per heavy atom. The summed E-state index contributed by atoms with van der Waals surface area (Å²) in [4.78, 5) is 17.5. The van der Waals surface area contributed by atoms with Gasteiger partial charge in [-0.3, -0.25) is 4.79 Å². The van der Waals surface area contributed by atoms with Crippen LogP contribution in [0, 0.1) is 5.92 Å². The molecule has 1 aromatic rings. The Labute approximate surface area is 137 Å². The van der Waals surface area contributed by atoms with Crippen LogP contribution in [0.4, 0.5) is 19.0 Å². The quantitative estimate of drug-likeness (QED) is 0.850. The van der Waals surface area contributed by atoms with E-state index in [1.807, 2.05) is 0 Å². The van der Waals surface area contributed by atoms with E-state index < -0.39 is 11.7 Å². The summed E-state index contributed by atoms with van der Waals surface area (Å²) in [5, 5.41) is 2.72. The van der Waals surface area contributed by atoms with Crippen LogP contribution in [-0.2, 0) is 11.0 Å². The number of carbonyl (C=O) groups excluding carboxylic acids is 1. The number of halogens is 4. The predicted molar refractivity (Wildman–Crippen MR) is 82.4 cm³/mol. The molecule has 1 saturated heterocycles. The van der Waals surface area contributed by atoms with Gasteiger partial charge in [0.2, 0.25) is 5.91 Å². The number of piperidine rings is 1. The molecule has 0 unspecified atom stereocenters. The summed E-state index contributed by atoms with van der Waals surface area (Å²) in [6.07, 6.45) is -0.877. The van der Waals surface area contributed by atoms with Gasteiger partial charge in [0.1, 0.15) is 5.82 Å². The molecule has 1 fully saturated rings. The summed E-state index contributed by atoms with van der Waals surface area (Å²) >= 11 is 5.94. The molecule has 1 aromatic heterocycles. The molecule has 0 spiro atoms. The van der Waals surface area contributed by atoms with Crippen molar-refractivity contribution in [1.82, 2.24) is 10.3 Å². The summed E-state index contributed by atoms with van der Waals surface area (Å²) < 4.78 is 37.9. The zero-order valence-electron chi connectivity index (χ0n) is 12.4. The molecule has 4 nitrogen and oxygen atoms in total. The Hall–Kier alpha value is -1.76. The first-order chi connectivity index (χ1) is 10.8. The van der Waals surface area contributed by atoms with E-state index in [2.05, 4.69) is 16.9 Å². The Morgan fingerprint density at radius 3 is 2.65 bits per heavy atom. The molecule has 0 bridgehead atoms. The molecule has 0 aromatic carbocycles. The number of rotatable bonds is 4. The molecule has 1 aliphatic heterocycles. The van der Waals surface area contributed by atoms with Crippen molar-refractivity contribution in [2.45, 2.75) is 19.0 Å². The second-order valence-corrected chi connectivity index (χ2v) is 5.73. The van der Waals surface area contributed by atoms with Crippen molar-refractivity contribution in [1.29, 1.82) is 0 Å². The molecule has 1 aliphatic rings. The third-order valence-corrected chi connectivity index (χ3v) is 4.01. The predicted octanol–water partition coefficient (Wildman–Crippen LogP) is 3.27. The number of nitrogens with one attached hydrogen (secondary N) is 1. The van der Waals surface area contributed by atoms with E-state index in [1.165, 1.54) is 0 Å². The Kier molecular flexibility index (Phi) is 5.51. The molecular weight excluding hydrogens is 331 g/mol. The number of pyridine rings is 1. The third kappa shape index (κ3) is 4.37. The van der Waals surface area contributed by atoms with E-state index in [4.69, 9.17) is 11.6 Å². The van der Waals surface area contributed by atoms with Gasteiger partial charge in [-0.25, -0.2) is 4.98 Å². The third-order valence-electron chi connectivity index (χ3n) is 3.74. The minimum absolute atomic E-state index is 0.0315. The lowest BCUT2D eigenvalue weighted by Crippen LogP contribution is -2.41. The Bertz CT molecular complexity index is 584. The number of hydrogen-bond donors (Lipinski definition) is 1. The van der Waals surface area contributed by atoms with Gasteiger partial charge < -0.3 is 10.2 Å². The largest absolute Gasteiger partial charge is 0.417 e. The van der Waals surface area contributed by atoms with Crippen molar-refractivity contribution < 1.29 is 18.0 Å².